The van der Waals surface area contributed by atoms with E-state index in [-0.39, 0.29) is 5.91 Å². The van der Waals surface area contributed by atoms with Gasteiger partial charge in [0.05, 0.1) is 24.8 Å². The van der Waals surface area contributed by atoms with Gasteiger partial charge in [-0.3, -0.25) is 9.36 Å². The summed E-state index contributed by atoms with van der Waals surface area (Å²) in [5.74, 6) is 2.67. The number of thioether (sulfide) groups is 1. The first-order valence-electron chi connectivity index (χ1n) is 9.97. The Bertz CT molecular complexity index is 980. The first kappa shape index (κ1) is 20.3. The molecular formula is C21H25N5O3S. The van der Waals surface area contributed by atoms with Gasteiger partial charge in [-0.25, -0.2) is 0 Å². The molecule has 158 valence electrons. The number of carbonyl (C=O) groups excluding carboxylic acids is 1. The van der Waals surface area contributed by atoms with Crippen molar-refractivity contribution in [1.82, 2.24) is 19.7 Å². The standard InChI is InChI=1S/C21H25N5O3S/c1-3-26-20(18-9-6-14-29-18)22-23-21(26)30-15-19(27)25-12-10-24(11-13-25)16-7-4-5-8-17(16)28-2/h4-9,14H,3,10-13,15H2,1-2H3. The molecule has 4 rings (SSSR count). The summed E-state index contributed by atoms with van der Waals surface area (Å²) in [6.07, 6.45) is 1.62. The summed E-state index contributed by atoms with van der Waals surface area (Å²) in [5.41, 5.74) is 1.07. The second-order valence-corrected chi connectivity index (χ2v) is 7.80. The van der Waals surface area contributed by atoms with Gasteiger partial charge in [-0.05, 0) is 31.2 Å². The Kier molecular flexibility index (Phi) is 6.27. The monoisotopic (exact) mass is 427 g/mol. The summed E-state index contributed by atoms with van der Waals surface area (Å²) in [6, 6.07) is 11.7. The second kappa shape index (κ2) is 9.25. The van der Waals surface area contributed by atoms with E-state index in [0.29, 0.717) is 37.0 Å². The van der Waals surface area contributed by atoms with E-state index in [1.807, 2.05) is 46.7 Å². The Morgan fingerprint density at radius 1 is 1.13 bits per heavy atom. The Morgan fingerprint density at radius 3 is 2.63 bits per heavy atom. The molecule has 1 amide bonds. The maximum Gasteiger partial charge on any atom is 0.233 e. The van der Waals surface area contributed by atoms with E-state index in [2.05, 4.69) is 21.2 Å². The van der Waals surface area contributed by atoms with Gasteiger partial charge in [0.1, 0.15) is 5.75 Å². The van der Waals surface area contributed by atoms with Crippen LogP contribution in [0.5, 0.6) is 5.75 Å². The number of methoxy groups -OCH3 is 1. The molecule has 1 saturated heterocycles. The van der Waals surface area contributed by atoms with E-state index < -0.39 is 0 Å². The largest absolute Gasteiger partial charge is 0.495 e. The fourth-order valence-electron chi connectivity index (χ4n) is 3.57. The lowest BCUT2D eigenvalue weighted by molar-refractivity contribution is -0.128. The lowest BCUT2D eigenvalue weighted by Crippen LogP contribution is -2.49. The van der Waals surface area contributed by atoms with Crippen LogP contribution in [0, 0.1) is 0 Å². The van der Waals surface area contributed by atoms with Gasteiger partial charge in [0.2, 0.25) is 5.91 Å². The van der Waals surface area contributed by atoms with Crippen molar-refractivity contribution < 1.29 is 13.9 Å². The highest BCUT2D eigenvalue weighted by atomic mass is 32.2. The molecule has 9 heteroatoms. The normalized spacial score (nSPS) is 14.2. The third-order valence-electron chi connectivity index (χ3n) is 5.16. The SMILES string of the molecule is CCn1c(SCC(=O)N2CCN(c3ccccc3OC)CC2)nnc1-c1ccco1. The Balaban J connectivity index is 1.34. The molecule has 3 heterocycles. The lowest BCUT2D eigenvalue weighted by atomic mass is 10.2. The van der Waals surface area contributed by atoms with Crippen LogP contribution in [-0.2, 0) is 11.3 Å². The van der Waals surface area contributed by atoms with Crippen LogP contribution in [-0.4, -0.2) is 64.6 Å². The molecule has 0 bridgehead atoms. The number of aromatic nitrogens is 3. The van der Waals surface area contributed by atoms with E-state index in [1.54, 1.807) is 13.4 Å². The third-order valence-corrected chi connectivity index (χ3v) is 6.11. The number of hydrogen-bond acceptors (Lipinski definition) is 7. The van der Waals surface area contributed by atoms with Gasteiger partial charge in [0.25, 0.3) is 0 Å². The maximum atomic E-state index is 12.8. The van der Waals surface area contributed by atoms with Crippen LogP contribution >= 0.6 is 11.8 Å². The van der Waals surface area contributed by atoms with Crippen molar-refractivity contribution in [2.75, 3.05) is 43.9 Å². The van der Waals surface area contributed by atoms with E-state index in [1.165, 1.54) is 11.8 Å². The third kappa shape index (κ3) is 4.16. The summed E-state index contributed by atoms with van der Waals surface area (Å²) < 4.78 is 12.9. The Labute approximate surface area is 179 Å². The number of rotatable bonds is 7. The molecule has 30 heavy (non-hydrogen) atoms. The number of carbonyl (C=O) groups is 1. The number of para-hydroxylation sites is 2. The fourth-order valence-corrected chi connectivity index (χ4v) is 4.48. The molecule has 0 unspecified atom stereocenters. The van der Waals surface area contributed by atoms with Gasteiger partial charge in [0, 0.05) is 32.7 Å². The summed E-state index contributed by atoms with van der Waals surface area (Å²) in [4.78, 5) is 16.9. The highest BCUT2D eigenvalue weighted by molar-refractivity contribution is 7.99. The predicted octanol–water partition coefficient (Wildman–Crippen LogP) is 3.01. The predicted molar refractivity (Wildman–Crippen MR) is 116 cm³/mol. The van der Waals surface area contributed by atoms with Crippen molar-refractivity contribution >= 4 is 23.4 Å². The van der Waals surface area contributed by atoms with Crippen LogP contribution in [0.4, 0.5) is 5.69 Å². The number of ether oxygens (including phenoxy) is 1. The highest BCUT2D eigenvalue weighted by Gasteiger charge is 2.24. The maximum absolute atomic E-state index is 12.8. The number of anilines is 1. The van der Waals surface area contributed by atoms with Gasteiger partial charge < -0.3 is 19.0 Å². The van der Waals surface area contributed by atoms with Crippen LogP contribution in [0.3, 0.4) is 0 Å². The lowest BCUT2D eigenvalue weighted by Gasteiger charge is -2.36. The molecule has 0 spiro atoms. The minimum atomic E-state index is 0.116. The molecule has 1 aromatic carbocycles. The zero-order valence-electron chi connectivity index (χ0n) is 17.2. The highest BCUT2D eigenvalue weighted by Crippen LogP contribution is 2.29. The van der Waals surface area contributed by atoms with Crippen molar-refractivity contribution in [2.24, 2.45) is 0 Å². The first-order chi connectivity index (χ1) is 14.7. The zero-order chi connectivity index (χ0) is 20.9. The summed E-state index contributed by atoms with van der Waals surface area (Å²) in [7, 11) is 1.68. The molecule has 2 aromatic heterocycles. The molecule has 0 N–H and O–H groups in total. The van der Waals surface area contributed by atoms with Crippen LogP contribution in [0.2, 0.25) is 0 Å². The number of nitrogens with zero attached hydrogens (tertiary/aromatic N) is 5. The van der Waals surface area contributed by atoms with Gasteiger partial charge >= 0.3 is 0 Å². The topological polar surface area (TPSA) is 76.6 Å². The van der Waals surface area contributed by atoms with Crippen molar-refractivity contribution in [3.05, 3.63) is 42.7 Å². The minimum Gasteiger partial charge on any atom is -0.495 e. The molecule has 1 aliphatic heterocycles. The van der Waals surface area contributed by atoms with E-state index in [9.17, 15) is 4.79 Å². The summed E-state index contributed by atoms with van der Waals surface area (Å²) >= 11 is 1.42. The minimum absolute atomic E-state index is 0.116. The van der Waals surface area contributed by atoms with Gasteiger partial charge in [-0.15, -0.1) is 10.2 Å². The smallest absolute Gasteiger partial charge is 0.233 e. The van der Waals surface area contributed by atoms with Gasteiger partial charge in [-0.1, -0.05) is 23.9 Å². The molecule has 1 aliphatic rings. The number of piperazine rings is 1. The molecule has 0 aliphatic carbocycles. The Hall–Kier alpha value is -2.94. The zero-order valence-corrected chi connectivity index (χ0v) is 18.0. The molecule has 8 nitrogen and oxygen atoms in total. The van der Waals surface area contributed by atoms with Crippen LogP contribution in [0.1, 0.15) is 6.92 Å². The summed E-state index contributed by atoms with van der Waals surface area (Å²) in [6.45, 7) is 5.68. The van der Waals surface area contributed by atoms with E-state index in [0.717, 1.165) is 29.7 Å². The van der Waals surface area contributed by atoms with E-state index >= 15 is 0 Å². The molecule has 3 aromatic rings. The molecule has 0 saturated carbocycles. The van der Waals surface area contributed by atoms with Crippen molar-refractivity contribution in [2.45, 2.75) is 18.6 Å². The van der Waals surface area contributed by atoms with E-state index in [4.69, 9.17) is 9.15 Å². The molecule has 1 fully saturated rings. The van der Waals surface area contributed by atoms with Gasteiger partial charge in [-0.2, -0.15) is 0 Å². The summed E-state index contributed by atoms with van der Waals surface area (Å²) in [5, 5.41) is 9.22. The number of amides is 1. The molecule has 0 atom stereocenters. The first-order valence-corrected chi connectivity index (χ1v) is 11.0. The number of hydrogen-bond donors (Lipinski definition) is 0. The Morgan fingerprint density at radius 2 is 1.93 bits per heavy atom. The quantitative estimate of drug-likeness (QED) is 0.537. The average Bonchev–Trinajstić information content (AvgIpc) is 3.47. The van der Waals surface area contributed by atoms with Gasteiger partial charge in [0.15, 0.2) is 16.7 Å². The number of furan rings is 1. The second-order valence-electron chi connectivity index (χ2n) is 6.86. The average molecular weight is 428 g/mol. The number of benzene rings is 1. The fraction of sp³-hybridized carbons (Fsp3) is 0.381. The van der Waals surface area contributed by atoms with Crippen molar-refractivity contribution in [3.8, 4) is 17.3 Å². The van der Waals surface area contributed by atoms with Crippen molar-refractivity contribution in [1.29, 1.82) is 0 Å². The van der Waals surface area contributed by atoms with Crippen molar-refractivity contribution in [3.63, 3.8) is 0 Å². The molecular weight excluding hydrogens is 402 g/mol. The molecule has 0 radical (unpaired) electrons. The van der Waals surface area contributed by atoms with Crippen LogP contribution < -0.4 is 9.64 Å². The van der Waals surface area contributed by atoms with Crippen LogP contribution in [0.25, 0.3) is 11.6 Å². The van der Waals surface area contributed by atoms with Crippen LogP contribution in [0.15, 0.2) is 52.2 Å².